The van der Waals surface area contributed by atoms with Crippen LogP contribution in [0.15, 0.2) is 6.20 Å². The lowest BCUT2D eigenvalue weighted by Crippen LogP contribution is -2.21. The summed E-state index contributed by atoms with van der Waals surface area (Å²) in [4.78, 5) is 3.21. The van der Waals surface area contributed by atoms with Crippen LogP contribution in [-0.2, 0) is 12.0 Å². The molecular formula is C14H24N2S. The van der Waals surface area contributed by atoms with Crippen molar-refractivity contribution in [1.29, 1.82) is 0 Å². The second-order valence-electron chi connectivity index (χ2n) is 6.57. The molecule has 1 fully saturated rings. The van der Waals surface area contributed by atoms with E-state index >= 15 is 0 Å². The standard InChI is InChI=1S/C14H24N2S/c1-5-6-14(7-8-14)10-16-11(13(2,3)4)9-15-12(16)17/h9H,5-8,10H2,1-4H3,(H,15,17). The third-order valence-electron chi connectivity index (χ3n) is 3.87. The molecule has 0 amide bonds. The van der Waals surface area contributed by atoms with E-state index in [1.54, 1.807) is 0 Å². The fraction of sp³-hybridized carbons (Fsp3) is 0.786. The Labute approximate surface area is 109 Å². The van der Waals surface area contributed by atoms with Gasteiger partial charge < -0.3 is 9.55 Å². The lowest BCUT2D eigenvalue weighted by molar-refractivity contribution is 0.367. The minimum Gasteiger partial charge on any atom is -0.337 e. The number of hydrogen-bond acceptors (Lipinski definition) is 1. The number of nitrogens with zero attached hydrogens (tertiary/aromatic N) is 1. The molecule has 1 aliphatic carbocycles. The molecular weight excluding hydrogens is 228 g/mol. The number of hydrogen-bond donors (Lipinski definition) is 1. The van der Waals surface area contributed by atoms with E-state index in [9.17, 15) is 0 Å². The highest BCUT2D eigenvalue weighted by atomic mass is 32.1. The topological polar surface area (TPSA) is 20.7 Å². The van der Waals surface area contributed by atoms with Crippen molar-refractivity contribution in [3.63, 3.8) is 0 Å². The van der Waals surface area contributed by atoms with Crippen LogP contribution in [0.3, 0.4) is 0 Å². The van der Waals surface area contributed by atoms with E-state index in [1.807, 2.05) is 0 Å². The van der Waals surface area contributed by atoms with Crippen molar-refractivity contribution in [2.45, 2.75) is 65.3 Å². The number of aromatic amines is 1. The molecule has 1 saturated carbocycles. The van der Waals surface area contributed by atoms with Gasteiger partial charge in [-0.25, -0.2) is 0 Å². The van der Waals surface area contributed by atoms with E-state index in [-0.39, 0.29) is 5.41 Å². The molecule has 1 heterocycles. The first-order chi connectivity index (χ1) is 7.88. The highest BCUT2D eigenvalue weighted by Gasteiger charge is 2.42. The van der Waals surface area contributed by atoms with Gasteiger partial charge in [-0.3, -0.25) is 0 Å². The molecule has 96 valence electrons. The Kier molecular flexibility index (Phi) is 3.23. The Balaban J connectivity index is 2.27. The van der Waals surface area contributed by atoms with Crippen LogP contribution in [0.2, 0.25) is 0 Å². The summed E-state index contributed by atoms with van der Waals surface area (Å²) in [5, 5.41) is 0. The Bertz CT molecular complexity index is 444. The molecule has 0 saturated heterocycles. The molecule has 0 atom stereocenters. The number of imidazole rings is 1. The number of nitrogens with one attached hydrogen (secondary N) is 1. The van der Waals surface area contributed by atoms with Gasteiger partial charge in [0.25, 0.3) is 0 Å². The van der Waals surface area contributed by atoms with Gasteiger partial charge in [-0.05, 0) is 36.9 Å². The van der Waals surface area contributed by atoms with E-state index in [1.165, 1.54) is 31.4 Å². The summed E-state index contributed by atoms with van der Waals surface area (Å²) >= 11 is 5.43. The molecule has 1 aliphatic rings. The van der Waals surface area contributed by atoms with E-state index in [4.69, 9.17) is 12.2 Å². The summed E-state index contributed by atoms with van der Waals surface area (Å²) in [5.74, 6) is 0. The first kappa shape index (κ1) is 12.9. The number of H-pyrrole nitrogens is 1. The van der Waals surface area contributed by atoms with Gasteiger partial charge in [-0.2, -0.15) is 0 Å². The van der Waals surface area contributed by atoms with Gasteiger partial charge in [0, 0.05) is 23.9 Å². The first-order valence-corrected chi connectivity index (χ1v) is 7.07. The van der Waals surface area contributed by atoms with E-state index in [0.29, 0.717) is 5.41 Å². The zero-order chi connectivity index (χ0) is 12.7. The van der Waals surface area contributed by atoms with Crippen LogP contribution in [0.4, 0.5) is 0 Å². The Hall–Kier alpha value is -0.570. The molecule has 2 rings (SSSR count). The molecule has 0 bridgehead atoms. The SMILES string of the molecule is CCCC1(Cn2c(C(C)(C)C)c[nH]c2=S)CC1. The summed E-state index contributed by atoms with van der Waals surface area (Å²) < 4.78 is 3.22. The van der Waals surface area contributed by atoms with Crippen molar-refractivity contribution in [2.24, 2.45) is 5.41 Å². The van der Waals surface area contributed by atoms with E-state index < -0.39 is 0 Å². The average Bonchev–Trinajstić information content (AvgIpc) is 2.85. The molecule has 1 N–H and O–H groups in total. The summed E-state index contributed by atoms with van der Waals surface area (Å²) in [6, 6.07) is 0. The summed E-state index contributed by atoms with van der Waals surface area (Å²) in [6.07, 6.45) is 7.45. The normalized spacial score (nSPS) is 18.4. The number of rotatable bonds is 4. The molecule has 0 radical (unpaired) electrons. The third kappa shape index (κ3) is 2.65. The van der Waals surface area contributed by atoms with Gasteiger partial charge >= 0.3 is 0 Å². The number of aromatic nitrogens is 2. The zero-order valence-corrected chi connectivity index (χ0v) is 12.3. The molecule has 0 spiro atoms. The third-order valence-corrected chi connectivity index (χ3v) is 4.21. The Morgan fingerprint density at radius 1 is 1.41 bits per heavy atom. The predicted molar refractivity (Wildman–Crippen MR) is 74.9 cm³/mol. The minimum atomic E-state index is 0.163. The first-order valence-electron chi connectivity index (χ1n) is 6.67. The molecule has 17 heavy (non-hydrogen) atoms. The van der Waals surface area contributed by atoms with Gasteiger partial charge in [0.05, 0.1) is 0 Å². The fourth-order valence-corrected chi connectivity index (χ4v) is 2.93. The van der Waals surface area contributed by atoms with Gasteiger partial charge in [-0.1, -0.05) is 34.1 Å². The van der Waals surface area contributed by atoms with Crippen molar-refractivity contribution in [3.8, 4) is 0 Å². The van der Waals surface area contributed by atoms with Crippen molar-refractivity contribution in [3.05, 3.63) is 16.7 Å². The fourth-order valence-electron chi connectivity index (χ4n) is 2.70. The molecule has 3 heteroatoms. The van der Waals surface area contributed by atoms with E-state index in [0.717, 1.165) is 11.3 Å². The van der Waals surface area contributed by atoms with Crippen LogP contribution in [0.1, 0.15) is 59.1 Å². The average molecular weight is 252 g/mol. The summed E-state index contributed by atoms with van der Waals surface area (Å²) in [5.41, 5.74) is 2.05. The predicted octanol–water partition coefficient (Wildman–Crippen LogP) is 4.42. The highest BCUT2D eigenvalue weighted by Crippen LogP contribution is 2.51. The van der Waals surface area contributed by atoms with Crippen molar-refractivity contribution in [1.82, 2.24) is 9.55 Å². The minimum absolute atomic E-state index is 0.163. The van der Waals surface area contributed by atoms with Crippen molar-refractivity contribution in [2.75, 3.05) is 0 Å². The maximum atomic E-state index is 5.43. The van der Waals surface area contributed by atoms with Crippen LogP contribution in [0.5, 0.6) is 0 Å². The molecule has 1 aromatic heterocycles. The van der Waals surface area contributed by atoms with Crippen molar-refractivity contribution >= 4 is 12.2 Å². The lowest BCUT2D eigenvalue weighted by Gasteiger charge is -2.23. The monoisotopic (exact) mass is 252 g/mol. The lowest BCUT2D eigenvalue weighted by atomic mass is 9.92. The highest BCUT2D eigenvalue weighted by molar-refractivity contribution is 7.71. The van der Waals surface area contributed by atoms with Crippen LogP contribution in [0, 0.1) is 10.2 Å². The van der Waals surface area contributed by atoms with Gasteiger partial charge in [0.2, 0.25) is 0 Å². The Morgan fingerprint density at radius 2 is 2.06 bits per heavy atom. The van der Waals surface area contributed by atoms with Gasteiger partial charge in [0.1, 0.15) is 0 Å². The van der Waals surface area contributed by atoms with Crippen LogP contribution in [-0.4, -0.2) is 9.55 Å². The van der Waals surface area contributed by atoms with Crippen LogP contribution >= 0.6 is 12.2 Å². The Morgan fingerprint density at radius 3 is 2.53 bits per heavy atom. The molecule has 2 nitrogen and oxygen atoms in total. The second-order valence-corrected chi connectivity index (χ2v) is 6.95. The molecule has 1 aromatic rings. The maximum Gasteiger partial charge on any atom is 0.177 e. The molecule has 0 unspecified atom stereocenters. The van der Waals surface area contributed by atoms with Gasteiger partial charge in [0.15, 0.2) is 4.77 Å². The zero-order valence-electron chi connectivity index (χ0n) is 11.5. The van der Waals surface area contributed by atoms with Gasteiger partial charge in [-0.15, -0.1) is 0 Å². The summed E-state index contributed by atoms with van der Waals surface area (Å²) in [6.45, 7) is 10.1. The van der Waals surface area contributed by atoms with Crippen molar-refractivity contribution < 1.29 is 0 Å². The molecule has 0 aliphatic heterocycles. The smallest absolute Gasteiger partial charge is 0.177 e. The quantitative estimate of drug-likeness (QED) is 0.787. The van der Waals surface area contributed by atoms with Crippen LogP contribution in [0.25, 0.3) is 0 Å². The second kappa shape index (κ2) is 4.27. The van der Waals surface area contributed by atoms with Crippen LogP contribution < -0.4 is 0 Å². The van der Waals surface area contributed by atoms with E-state index in [2.05, 4.69) is 43.4 Å². The largest absolute Gasteiger partial charge is 0.337 e. The summed E-state index contributed by atoms with van der Waals surface area (Å²) in [7, 11) is 0. The maximum absolute atomic E-state index is 5.43. The molecule has 0 aromatic carbocycles.